The molecule has 0 radical (unpaired) electrons. The molecule has 0 bridgehead atoms. The van der Waals surface area contributed by atoms with Gasteiger partial charge in [0.25, 0.3) is 0 Å². The van der Waals surface area contributed by atoms with Crippen LogP contribution in [0, 0.1) is 11.8 Å². The molecule has 1 saturated heterocycles. The maximum Gasteiger partial charge on any atom is 0.308 e. The van der Waals surface area contributed by atoms with Crippen LogP contribution in [0.2, 0.25) is 0 Å². The van der Waals surface area contributed by atoms with E-state index in [0.29, 0.717) is 0 Å². The Balaban J connectivity index is 2.23. The lowest BCUT2D eigenvalue weighted by atomic mass is 9.89. The third-order valence-corrected chi connectivity index (χ3v) is 4.93. The minimum atomic E-state index is -0.849. The molecule has 4 atom stereocenters. The number of methoxy groups -OCH3 is 3. The molecular weight excluding hydrogens is 340 g/mol. The fraction of sp³-hybridized carbons (Fsp3) is 0.667. The first-order valence-corrected chi connectivity index (χ1v) is 7.63. The number of halogens is 1. The van der Waals surface area contributed by atoms with Crippen molar-refractivity contribution in [2.24, 2.45) is 11.8 Å². The lowest BCUT2D eigenvalue weighted by molar-refractivity contribution is -0.183. The fourth-order valence-corrected chi connectivity index (χ4v) is 3.25. The largest absolute Gasteiger partial charge is 0.469 e. The number of hydrogen-bond donors (Lipinski definition) is 0. The zero-order valence-electron chi connectivity index (χ0n) is 12.9. The van der Waals surface area contributed by atoms with Crippen LogP contribution in [-0.2, 0) is 23.7 Å². The molecule has 0 aromatic heterocycles. The molecule has 21 heavy (non-hydrogen) atoms. The monoisotopic (exact) mass is 360 g/mol. The van der Waals surface area contributed by atoms with Gasteiger partial charge in [0.2, 0.25) is 5.79 Å². The van der Waals surface area contributed by atoms with Gasteiger partial charge in [-0.05, 0) is 17.6 Å². The summed E-state index contributed by atoms with van der Waals surface area (Å²) in [7, 11) is 4.59. The molecule has 0 spiro atoms. The normalized spacial score (nSPS) is 31.1. The van der Waals surface area contributed by atoms with Gasteiger partial charge >= 0.3 is 5.97 Å². The van der Waals surface area contributed by atoms with Crippen molar-refractivity contribution in [2.45, 2.75) is 31.8 Å². The maximum atomic E-state index is 11.6. The van der Waals surface area contributed by atoms with Gasteiger partial charge in [-0.15, -0.1) is 0 Å². The molecule has 1 fully saturated rings. The predicted molar refractivity (Wildman–Crippen MR) is 80.8 cm³/mol. The molecule has 5 nitrogen and oxygen atoms in total. The van der Waals surface area contributed by atoms with Crippen LogP contribution in [0.25, 0.3) is 0 Å². The first-order valence-electron chi connectivity index (χ1n) is 6.84. The highest BCUT2D eigenvalue weighted by molar-refractivity contribution is 9.12. The van der Waals surface area contributed by atoms with E-state index in [1.54, 1.807) is 14.2 Å². The molecule has 2 aliphatic rings. The number of epoxide rings is 1. The van der Waals surface area contributed by atoms with E-state index >= 15 is 0 Å². The van der Waals surface area contributed by atoms with Crippen molar-refractivity contribution in [2.75, 3.05) is 21.3 Å². The highest BCUT2D eigenvalue weighted by Crippen LogP contribution is 2.49. The summed E-state index contributed by atoms with van der Waals surface area (Å²) in [6.45, 7) is 3.84. The van der Waals surface area contributed by atoms with E-state index in [-0.39, 0.29) is 30.0 Å². The number of carbonyl (C=O) groups excluding carboxylic acids is 1. The quantitative estimate of drug-likeness (QED) is 0.428. The van der Waals surface area contributed by atoms with Gasteiger partial charge in [0, 0.05) is 18.7 Å². The second kappa shape index (κ2) is 6.20. The molecule has 0 aromatic carbocycles. The molecule has 0 amide bonds. The topological polar surface area (TPSA) is 57.3 Å². The standard InChI is InChI=1S/C15H21BrO5/c1-8(9(2)14(17)18-3)6-10-11(16)7-15(19-4,20-5)13-12(10)21-13/h6-9,12-13H,1-5H3/b10-6-/t8-,9-,12-,13-/m0/s1. The summed E-state index contributed by atoms with van der Waals surface area (Å²) >= 11 is 3.55. The number of esters is 1. The molecule has 0 aromatic rings. The second-order valence-electron chi connectivity index (χ2n) is 5.39. The Labute approximate surface area is 133 Å². The third-order valence-electron chi connectivity index (χ3n) is 4.24. The maximum absolute atomic E-state index is 11.6. The summed E-state index contributed by atoms with van der Waals surface area (Å²) < 4.78 is 22.3. The zero-order chi connectivity index (χ0) is 15.8. The van der Waals surface area contributed by atoms with E-state index in [2.05, 4.69) is 15.9 Å². The number of carbonyl (C=O) groups is 1. The molecule has 1 heterocycles. The average Bonchev–Trinajstić information content (AvgIpc) is 3.29. The average molecular weight is 361 g/mol. The van der Waals surface area contributed by atoms with Crippen LogP contribution < -0.4 is 0 Å². The molecule has 118 valence electrons. The zero-order valence-corrected chi connectivity index (χ0v) is 14.5. The predicted octanol–water partition coefficient (Wildman–Crippen LogP) is 2.41. The number of allylic oxidation sites excluding steroid dienone is 1. The van der Waals surface area contributed by atoms with E-state index in [4.69, 9.17) is 18.9 Å². The van der Waals surface area contributed by atoms with Crippen molar-refractivity contribution in [3.63, 3.8) is 0 Å². The number of rotatable bonds is 5. The summed E-state index contributed by atoms with van der Waals surface area (Å²) in [4.78, 5) is 11.6. The van der Waals surface area contributed by atoms with Crippen LogP contribution in [0.5, 0.6) is 0 Å². The summed E-state index contributed by atoms with van der Waals surface area (Å²) in [5.74, 6) is -1.24. The van der Waals surface area contributed by atoms with Gasteiger partial charge in [-0.1, -0.05) is 35.9 Å². The van der Waals surface area contributed by atoms with E-state index < -0.39 is 5.79 Å². The van der Waals surface area contributed by atoms with Gasteiger partial charge in [-0.2, -0.15) is 0 Å². The van der Waals surface area contributed by atoms with Gasteiger partial charge in [0.1, 0.15) is 12.2 Å². The summed E-state index contributed by atoms with van der Waals surface area (Å²) in [5, 5.41) is 0. The van der Waals surface area contributed by atoms with Crippen LogP contribution in [0.3, 0.4) is 0 Å². The van der Waals surface area contributed by atoms with Crippen LogP contribution in [0.15, 0.2) is 22.2 Å². The summed E-state index contributed by atoms with van der Waals surface area (Å²) in [5.41, 5.74) is 1.02. The molecule has 2 rings (SSSR count). The lowest BCUT2D eigenvalue weighted by Gasteiger charge is -2.29. The Hall–Kier alpha value is -0.690. The van der Waals surface area contributed by atoms with Crippen LogP contribution in [-0.4, -0.2) is 45.3 Å². The van der Waals surface area contributed by atoms with Gasteiger partial charge < -0.3 is 18.9 Å². The van der Waals surface area contributed by atoms with E-state index in [1.807, 2.05) is 26.0 Å². The first-order chi connectivity index (χ1) is 9.90. The van der Waals surface area contributed by atoms with Gasteiger partial charge in [-0.3, -0.25) is 4.79 Å². The highest BCUT2D eigenvalue weighted by atomic mass is 79.9. The second-order valence-corrected chi connectivity index (χ2v) is 6.25. The highest BCUT2D eigenvalue weighted by Gasteiger charge is 2.60. The van der Waals surface area contributed by atoms with Crippen molar-refractivity contribution in [3.8, 4) is 0 Å². The van der Waals surface area contributed by atoms with Gasteiger partial charge in [-0.25, -0.2) is 0 Å². The number of ether oxygens (including phenoxy) is 4. The van der Waals surface area contributed by atoms with Crippen LogP contribution in [0.1, 0.15) is 13.8 Å². The van der Waals surface area contributed by atoms with E-state index in [0.717, 1.165) is 10.1 Å². The van der Waals surface area contributed by atoms with Crippen molar-refractivity contribution < 1.29 is 23.7 Å². The van der Waals surface area contributed by atoms with Gasteiger partial charge in [0.05, 0.1) is 13.0 Å². The van der Waals surface area contributed by atoms with Crippen molar-refractivity contribution in [3.05, 3.63) is 22.2 Å². The molecule has 1 aliphatic heterocycles. The Morgan fingerprint density at radius 3 is 2.52 bits per heavy atom. The Kier molecular flexibility index (Phi) is 4.92. The van der Waals surface area contributed by atoms with Crippen LogP contribution in [0.4, 0.5) is 0 Å². The Morgan fingerprint density at radius 2 is 2.00 bits per heavy atom. The molecule has 1 aliphatic carbocycles. The van der Waals surface area contributed by atoms with Crippen LogP contribution >= 0.6 is 15.9 Å². The minimum Gasteiger partial charge on any atom is -0.469 e. The van der Waals surface area contributed by atoms with E-state index in [1.165, 1.54) is 7.11 Å². The third kappa shape index (κ3) is 2.95. The molecular formula is C15H21BrO5. The number of hydrogen-bond acceptors (Lipinski definition) is 5. The molecule has 0 saturated carbocycles. The first kappa shape index (κ1) is 16.7. The number of fused-ring (bicyclic) bond motifs is 1. The van der Waals surface area contributed by atoms with Crippen molar-refractivity contribution in [1.82, 2.24) is 0 Å². The minimum absolute atomic E-state index is 0.0378. The lowest BCUT2D eigenvalue weighted by Crippen LogP contribution is -2.41. The van der Waals surface area contributed by atoms with Crippen molar-refractivity contribution >= 4 is 21.9 Å². The van der Waals surface area contributed by atoms with E-state index in [9.17, 15) is 4.79 Å². The Morgan fingerprint density at radius 1 is 1.38 bits per heavy atom. The summed E-state index contributed by atoms with van der Waals surface area (Å²) in [6.07, 6.45) is 3.68. The SMILES string of the molecule is COC(=O)[C@@H](C)[C@@H](C)/C=C1/C(Br)=CC(OC)(OC)[C@H]2O[C@@H]12. The smallest absolute Gasteiger partial charge is 0.308 e. The molecule has 0 unspecified atom stereocenters. The molecule has 6 heteroatoms. The fourth-order valence-electron chi connectivity index (χ4n) is 2.57. The summed E-state index contributed by atoms with van der Waals surface area (Å²) in [6, 6.07) is 0. The Bertz CT molecular complexity index is 480. The van der Waals surface area contributed by atoms with Gasteiger partial charge in [0.15, 0.2) is 0 Å². The molecule has 0 N–H and O–H groups in total. The van der Waals surface area contributed by atoms with Crippen molar-refractivity contribution in [1.29, 1.82) is 0 Å².